The molecule has 0 spiro atoms. The van der Waals surface area contributed by atoms with Crippen molar-refractivity contribution in [3.05, 3.63) is 0 Å². The van der Waals surface area contributed by atoms with E-state index >= 15 is 0 Å². The normalized spacial score (nSPS) is 11.8. The summed E-state index contributed by atoms with van der Waals surface area (Å²) in [6.07, 6.45) is 2.61. The molecule has 0 rings (SSSR count). The van der Waals surface area contributed by atoms with Gasteiger partial charge in [-0.2, -0.15) is 0 Å². The Hall–Kier alpha value is 1.13. The molecule has 9 heavy (non-hydrogen) atoms. The van der Waals surface area contributed by atoms with Crippen molar-refractivity contribution in [1.29, 1.82) is 0 Å². The third-order valence-corrected chi connectivity index (χ3v) is 2.45. The van der Waals surface area contributed by atoms with Crippen LogP contribution < -0.4 is 0 Å². The van der Waals surface area contributed by atoms with E-state index in [1.807, 2.05) is 0 Å². The molecule has 0 radical (unpaired) electrons. The van der Waals surface area contributed by atoms with Gasteiger partial charge in [0.15, 0.2) is 0 Å². The first kappa shape index (κ1) is 10.1. The van der Waals surface area contributed by atoms with Crippen LogP contribution in [0, 0.1) is 5.41 Å². The summed E-state index contributed by atoms with van der Waals surface area (Å²) in [4.78, 5) is 0. The fourth-order valence-electron chi connectivity index (χ4n) is 0.875. The Balaban J connectivity index is 3.60. The molecular formula is C8H16Ca. The van der Waals surface area contributed by atoms with Crippen molar-refractivity contribution >= 4 is 36.8 Å². The third-order valence-electron chi connectivity index (χ3n) is 1.28. The Labute approximate surface area is 82.1 Å². The minimum absolute atomic E-state index is 0.517. The third kappa shape index (κ3) is 7.02. The molecule has 0 aliphatic heterocycles. The minimum atomic E-state index is 0.517. The molecule has 0 aliphatic rings. The molecule has 0 amide bonds. The molecule has 0 aromatic rings. The van der Waals surface area contributed by atoms with Crippen molar-refractivity contribution in [2.45, 2.75) is 40.5 Å². The van der Waals surface area contributed by atoms with Gasteiger partial charge in [0.2, 0.25) is 0 Å². The second kappa shape index (κ2) is 4.10. The molecule has 0 fully saturated rings. The molecule has 0 saturated carbocycles. The average molecular weight is 152 g/mol. The van der Waals surface area contributed by atoms with Gasteiger partial charge in [-0.25, -0.2) is 0 Å². The molecular weight excluding hydrogens is 136 g/mol. The van der Waals surface area contributed by atoms with E-state index in [0.29, 0.717) is 5.41 Å². The summed E-state index contributed by atoms with van der Waals surface area (Å²) in [6.45, 7) is 9.17. The van der Waals surface area contributed by atoms with Gasteiger partial charge in [-0.05, 0) is 0 Å². The average Bonchev–Trinajstić information content (AvgIpc) is 1.62. The van der Waals surface area contributed by atoms with Crippen molar-refractivity contribution < 1.29 is 0 Å². The van der Waals surface area contributed by atoms with E-state index in [2.05, 4.69) is 27.7 Å². The summed E-state index contributed by atoms with van der Waals surface area (Å²) >= 11 is 1.38. The molecule has 0 aromatic heterocycles. The van der Waals surface area contributed by atoms with Gasteiger partial charge in [-0.3, -0.25) is 0 Å². The summed E-state index contributed by atoms with van der Waals surface area (Å²) < 4.78 is 1.74. The monoisotopic (exact) mass is 152 g/mol. The van der Waals surface area contributed by atoms with Crippen LogP contribution in [-0.2, 0) is 0 Å². The van der Waals surface area contributed by atoms with Gasteiger partial charge in [-0.15, -0.1) is 0 Å². The summed E-state index contributed by atoms with van der Waals surface area (Å²) in [5.74, 6) is 0. The molecule has 0 bridgehead atoms. The fourth-order valence-corrected chi connectivity index (χ4v) is 2.05. The van der Waals surface area contributed by atoms with Crippen molar-refractivity contribution in [2.24, 2.45) is 5.41 Å². The molecule has 0 N–H and O–H groups in total. The van der Waals surface area contributed by atoms with E-state index < -0.39 is 0 Å². The van der Waals surface area contributed by atoms with E-state index in [-0.39, 0.29) is 0 Å². The Kier molecular flexibility index (Phi) is 4.62. The van der Waals surface area contributed by atoms with Crippen molar-refractivity contribution in [1.82, 2.24) is 0 Å². The first-order chi connectivity index (χ1) is 3.95. The quantitative estimate of drug-likeness (QED) is 0.532. The van der Waals surface area contributed by atoms with E-state index in [1.54, 1.807) is 1.58 Å². The zero-order valence-electron chi connectivity index (χ0n) is 7.12. The molecule has 1 heteroatoms. The predicted molar refractivity (Wildman–Crippen MR) is 45.1 cm³/mol. The molecule has 0 aliphatic carbocycles. The van der Waals surface area contributed by atoms with Crippen molar-refractivity contribution in [2.75, 3.05) is 0 Å². The Morgan fingerprint density at radius 1 is 1.33 bits per heavy atom. The molecule has 50 valence electrons. The number of rotatable bonds is 2. The summed E-state index contributed by atoms with van der Waals surface area (Å²) in [5, 5.41) is 0. The summed E-state index contributed by atoms with van der Waals surface area (Å²) in [6, 6.07) is 0. The second-order valence-electron chi connectivity index (χ2n) is 3.84. The Morgan fingerprint density at radius 3 is 1.89 bits per heavy atom. The number of hydrogen-bond acceptors (Lipinski definition) is 0. The van der Waals surface area contributed by atoms with Crippen LogP contribution in [0.15, 0.2) is 0 Å². The van der Waals surface area contributed by atoms with Gasteiger partial charge < -0.3 is 0 Å². The topological polar surface area (TPSA) is 0 Å². The zero-order valence-corrected chi connectivity index (χ0v) is 9.33. The van der Waals surface area contributed by atoms with Crippen LogP contribution in [-0.4, -0.2) is 36.8 Å². The van der Waals surface area contributed by atoms with Gasteiger partial charge in [0.25, 0.3) is 0 Å². The zero-order chi connectivity index (χ0) is 7.49. The number of hydrogen-bond donors (Lipinski definition) is 0. The first-order valence-electron chi connectivity index (χ1n) is 3.62. The van der Waals surface area contributed by atoms with Crippen LogP contribution in [0.3, 0.4) is 0 Å². The van der Waals surface area contributed by atoms with Crippen LogP contribution in [0.2, 0.25) is 0 Å². The Bertz CT molecular complexity index is 97.6. The van der Waals surface area contributed by atoms with Gasteiger partial charge in [0, 0.05) is 0 Å². The van der Waals surface area contributed by atoms with Crippen LogP contribution in [0.4, 0.5) is 0 Å². The molecule has 0 atom stereocenters. The Morgan fingerprint density at radius 2 is 1.78 bits per heavy atom. The van der Waals surface area contributed by atoms with Crippen LogP contribution in [0.25, 0.3) is 0 Å². The summed E-state index contributed by atoms with van der Waals surface area (Å²) in [7, 11) is 0. The van der Waals surface area contributed by atoms with Crippen LogP contribution in [0.1, 0.15) is 40.5 Å². The predicted octanol–water partition coefficient (Wildman–Crippen LogP) is 2.17. The van der Waals surface area contributed by atoms with Gasteiger partial charge in [0.05, 0.1) is 0 Å². The maximum atomic E-state index is 2.30. The molecule has 0 nitrogen and oxygen atoms in total. The van der Waals surface area contributed by atoms with E-state index in [9.17, 15) is 0 Å². The van der Waals surface area contributed by atoms with E-state index in [0.717, 1.165) is 0 Å². The molecule has 0 unspecified atom stereocenters. The van der Waals surface area contributed by atoms with Crippen molar-refractivity contribution in [3.8, 4) is 0 Å². The van der Waals surface area contributed by atoms with Gasteiger partial charge in [-0.1, -0.05) is 0 Å². The fraction of sp³-hybridized carbons (Fsp3) is 0.875. The van der Waals surface area contributed by atoms with Gasteiger partial charge in [0.1, 0.15) is 0 Å². The van der Waals surface area contributed by atoms with E-state index in [4.69, 9.17) is 0 Å². The summed E-state index contributed by atoms with van der Waals surface area (Å²) in [5.41, 5.74) is 0.517. The van der Waals surface area contributed by atoms with Crippen LogP contribution >= 0.6 is 0 Å². The van der Waals surface area contributed by atoms with Crippen molar-refractivity contribution in [3.63, 3.8) is 0 Å². The van der Waals surface area contributed by atoms with Crippen LogP contribution in [0.5, 0.6) is 0 Å². The maximum absolute atomic E-state index is 2.30. The second-order valence-corrected chi connectivity index (χ2v) is 5.40. The molecule has 0 saturated heterocycles. The SMILES string of the molecule is CC[C](=[Ca])CC(C)(C)C. The standard InChI is InChI=1S/C8H16.Ca/c1-5-6-7-8(2,3)4;/h5,7H2,1-4H3;. The van der Waals surface area contributed by atoms with E-state index in [1.165, 1.54) is 48.1 Å². The first-order valence-corrected chi connectivity index (χ1v) is 4.73. The molecule has 0 heterocycles. The van der Waals surface area contributed by atoms with Gasteiger partial charge >= 0.3 is 82.8 Å². The molecule has 0 aromatic carbocycles.